The summed E-state index contributed by atoms with van der Waals surface area (Å²) in [5, 5.41) is 22.4. The molecule has 2 atom stereocenters. The number of aromatic hydroxyl groups is 1. The molecule has 0 aromatic heterocycles. The number of phenols is 1. The molecule has 0 aliphatic carbocycles. The zero-order chi connectivity index (χ0) is 15.6. The van der Waals surface area contributed by atoms with E-state index in [0.29, 0.717) is 11.1 Å². The molecule has 1 radical (unpaired) electrons. The Hall–Kier alpha value is -0.188. The SMILES string of the molecule is Cc1c(O)cccc1C(=O)N[C@H]1COC(C)(C)OC[C@@H]1O.[Ac]. The van der Waals surface area contributed by atoms with Crippen molar-refractivity contribution >= 4 is 5.91 Å². The van der Waals surface area contributed by atoms with Crippen LogP contribution in [0.15, 0.2) is 18.2 Å². The van der Waals surface area contributed by atoms with E-state index in [1.807, 2.05) is 0 Å². The number of carbonyl (C=O) groups is 1. The average molecular weight is 522 g/mol. The second-order valence-electron chi connectivity index (χ2n) is 5.62. The van der Waals surface area contributed by atoms with Gasteiger partial charge in [-0.1, -0.05) is 6.07 Å². The van der Waals surface area contributed by atoms with Crippen LogP contribution < -0.4 is 5.32 Å². The smallest absolute Gasteiger partial charge is 0.252 e. The standard InChI is InChI=1S/C15H21NO5.Ac/c1-9-10(5-4-6-12(9)17)14(19)16-11-7-20-15(2,3)21-8-13(11)18;/h4-6,11,13,17-18H,7-8H2,1-3H3,(H,16,19);/t11-,13-;/m0./s1. The molecule has 1 aliphatic heterocycles. The second-order valence-corrected chi connectivity index (χ2v) is 5.62. The predicted octanol–water partition coefficient (Wildman–Crippen LogP) is 0.943. The van der Waals surface area contributed by atoms with E-state index in [9.17, 15) is 15.0 Å². The van der Waals surface area contributed by atoms with Crippen LogP contribution in [-0.2, 0) is 9.47 Å². The monoisotopic (exact) mass is 522 g/mol. The maximum atomic E-state index is 12.3. The summed E-state index contributed by atoms with van der Waals surface area (Å²) in [4.78, 5) is 12.3. The summed E-state index contributed by atoms with van der Waals surface area (Å²) in [7, 11) is 0. The van der Waals surface area contributed by atoms with E-state index in [0.717, 1.165) is 0 Å². The Morgan fingerprint density at radius 2 is 1.95 bits per heavy atom. The number of phenolic OH excluding ortho intramolecular Hbond substituents is 1. The van der Waals surface area contributed by atoms with Crippen molar-refractivity contribution in [2.45, 2.75) is 38.7 Å². The summed E-state index contributed by atoms with van der Waals surface area (Å²) in [6.45, 7) is 5.40. The van der Waals surface area contributed by atoms with Crippen molar-refractivity contribution in [3.05, 3.63) is 29.3 Å². The number of carbonyl (C=O) groups excluding carboxylic acids is 1. The van der Waals surface area contributed by atoms with Crippen molar-refractivity contribution < 1.29 is 68.5 Å². The minimum atomic E-state index is -0.853. The van der Waals surface area contributed by atoms with Gasteiger partial charge < -0.3 is 25.0 Å². The normalized spacial score (nSPS) is 24.0. The number of benzene rings is 1. The fourth-order valence-corrected chi connectivity index (χ4v) is 2.10. The third-order valence-corrected chi connectivity index (χ3v) is 3.54. The number of amides is 1. The van der Waals surface area contributed by atoms with E-state index < -0.39 is 17.9 Å². The van der Waals surface area contributed by atoms with Gasteiger partial charge in [0, 0.05) is 55.2 Å². The molecule has 1 aromatic rings. The van der Waals surface area contributed by atoms with Gasteiger partial charge in [0.25, 0.3) is 5.91 Å². The van der Waals surface area contributed by atoms with E-state index in [-0.39, 0.29) is 68.9 Å². The van der Waals surface area contributed by atoms with Crippen LogP contribution in [0.3, 0.4) is 0 Å². The molecule has 0 unspecified atom stereocenters. The largest absolute Gasteiger partial charge is 0.508 e. The van der Waals surface area contributed by atoms with Crippen molar-refractivity contribution in [3.63, 3.8) is 0 Å². The number of rotatable bonds is 2. The molecule has 0 spiro atoms. The number of hydrogen-bond acceptors (Lipinski definition) is 5. The van der Waals surface area contributed by atoms with Gasteiger partial charge in [-0.05, 0) is 32.9 Å². The van der Waals surface area contributed by atoms with E-state index >= 15 is 0 Å². The first kappa shape index (κ1) is 19.9. The first-order valence-electron chi connectivity index (χ1n) is 6.85. The van der Waals surface area contributed by atoms with Crippen LogP contribution in [0.5, 0.6) is 5.75 Å². The number of ether oxygens (including phenoxy) is 2. The molecular formula is C15H21AcNO5. The van der Waals surface area contributed by atoms with Crippen molar-refractivity contribution in [2.24, 2.45) is 0 Å². The third-order valence-electron chi connectivity index (χ3n) is 3.54. The van der Waals surface area contributed by atoms with Crippen LogP contribution in [0, 0.1) is 51.0 Å². The van der Waals surface area contributed by atoms with Gasteiger partial charge in [-0.25, -0.2) is 0 Å². The van der Waals surface area contributed by atoms with Crippen molar-refractivity contribution in [1.82, 2.24) is 5.32 Å². The van der Waals surface area contributed by atoms with Crippen LogP contribution in [0.2, 0.25) is 0 Å². The van der Waals surface area contributed by atoms with Crippen LogP contribution in [0.25, 0.3) is 0 Å². The maximum absolute atomic E-state index is 12.3. The molecular weight excluding hydrogens is 501 g/mol. The first-order chi connectivity index (χ1) is 9.80. The van der Waals surface area contributed by atoms with Gasteiger partial charge in [-0.3, -0.25) is 4.79 Å². The van der Waals surface area contributed by atoms with Crippen molar-refractivity contribution in [1.29, 1.82) is 0 Å². The van der Waals surface area contributed by atoms with Gasteiger partial charge >= 0.3 is 0 Å². The molecule has 1 fully saturated rings. The van der Waals surface area contributed by atoms with Gasteiger partial charge in [0.1, 0.15) is 5.75 Å². The molecule has 1 aromatic carbocycles. The number of hydrogen-bond donors (Lipinski definition) is 3. The first-order valence-corrected chi connectivity index (χ1v) is 6.85. The van der Waals surface area contributed by atoms with E-state index in [4.69, 9.17) is 9.47 Å². The van der Waals surface area contributed by atoms with Crippen molar-refractivity contribution in [2.75, 3.05) is 13.2 Å². The summed E-state index contributed by atoms with van der Waals surface area (Å²) >= 11 is 0. The minimum Gasteiger partial charge on any atom is -0.508 e. The van der Waals surface area contributed by atoms with E-state index in [2.05, 4.69) is 5.32 Å². The predicted molar refractivity (Wildman–Crippen MR) is 76.1 cm³/mol. The van der Waals surface area contributed by atoms with E-state index in [1.165, 1.54) is 6.07 Å². The topological polar surface area (TPSA) is 88.0 Å². The summed E-state index contributed by atoms with van der Waals surface area (Å²) in [5.41, 5.74) is 0.863. The molecule has 1 amide bonds. The summed E-state index contributed by atoms with van der Waals surface area (Å²) in [5.74, 6) is -1.10. The fourth-order valence-electron chi connectivity index (χ4n) is 2.10. The second kappa shape index (κ2) is 8.07. The van der Waals surface area contributed by atoms with Crippen molar-refractivity contribution in [3.8, 4) is 5.75 Å². The number of aliphatic hydroxyl groups is 1. The van der Waals surface area contributed by atoms with Crippen LogP contribution in [0.4, 0.5) is 0 Å². The Kier molecular flexibility index (Phi) is 7.29. The number of nitrogens with one attached hydrogen (secondary N) is 1. The molecule has 0 saturated carbocycles. The Labute approximate surface area is 165 Å². The van der Waals surface area contributed by atoms with Gasteiger partial charge in [0.15, 0.2) is 5.79 Å². The molecule has 1 saturated heterocycles. The quantitative estimate of drug-likeness (QED) is 0.539. The number of aliphatic hydroxyl groups excluding tert-OH is 1. The molecule has 119 valence electrons. The van der Waals surface area contributed by atoms with Gasteiger partial charge in [-0.2, -0.15) is 0 Å². The summed E-state index contributed by atoms with van der Waals surface area (Å²) in [6.07, 6.45) is -0.853. The molecule has 6 nitrogen and oxygen atoms in total. The molecule has 3 N–H and O–H groups in total. The zero-order valence-electron chi connectivity index (χ0n) is 13.0. The third kappa shape index (κ3) is 4.90. The summed E-state index contributed by atoms with van der Waals surface area (Å²) < 4.78 is 10.9. The Morgan fingerprint density at radius 3 is 2.64 bits per heavy atom. The van der Waals surface area contributed by atoms with Gasteiger partial charge in [-0.15, -0.1) is 0 Å². The average Bonchev–Trinajstić information content (AvgIpc) is 2.55. The molecule has 2 rings (SSSR count). The summed E-state index contributed by atoms with van der Waals surface area (Å²) in [6, 6.07) is 4.17. The Bertz CT molecular complexity index is 535. The Balaban J connectivity index is 0.00000242. The fraction of sp³-hybridized carbons (Fsp3) is 0.533. The molecule has 1 aliphatic rings. The zero-order valence-corrected chi connectivity index (χ0v) is 17.7. The molecule has 22 heavy (non-hydrogen) atoms. The Morgan fingerprint density at radius 1 is 1.32 bits per heavy atom. The van der Waals surface area contributed by atoms with Crippen LogP contribution in [-0.4, -0.2) is 47.3 Å². The maximum Gasteiger partial charge on any atom is 0.252 e. The van der Waals surface area contributed by atoms with E-state index in [1.54, 1.807) is 32.9 Å². The molecule has 0 bridgehead atoms. The van der Waals surface area contributed by atoms with Gasteiger partial charge in [0.2, 0.25) is 0 Å². The van der Waals surface area contributed by atoms with Crippen LogP contribution >= 0.6 is 0 Å². The molecule has 7 heteroatoms. The minimum absolute atomic E-state index is 0. The van der Waals surface area contributed by atoms with Gasteiger partial charge in [0.05, 0.1) is 25.4 Å². The van der Waals surface area contributed by atoms with Crippen LogP contribution in [0.1, 0.15) is 29.8 Å². The molecule has 1 heterocycles.